The first-order valence-corrected chi connectivity index (χ1v) is 8.51. The normalized spacial score (nSPS) is 21.4. The minimum atomic E-state index is 0.111. The van der Waals surface area contributed by atoms with Crippen molar-refractivity contribution in [1.82, 2.24) is 10.2 Å². The summed E-state index contributed by atoms with van der Waals surface area (Å²) in [7, 11) is 0. The molecule has 0 saturated carbocycles. The maximum Gasteiger partial charge on any atom is 0.0452 e. The third-order valence-electron chi connectivity index (χ3n) is 4.97. The van der Waals surface area contributed by atoms with Gasteiger partial charge in [0, 0.05) is 40.8 Å². The Labute approximate surface area is 138 Å². The van der Waals surface area contributed by atoms with Crippen LogP contribution in [0.15, 0.2) is 18.2 Å². The number of piperazine rings is 1. The second kappa shape index (κ2) is 6.45. The van der Waals surface area contributed by atoms with Crippen molar-refractivity contribution in [2.75, 3.05) is 13.1 Å². The molecule has 2 nitrogen and oxygen atoms in total. The number of nitrogens with one attached hydrogen (secondary N) is 1. The van der Waals surface area contributed by atoms with E-state index in [-0.39, 0.29) is 11.1 Å². The van der Waals surface area contributed by atoms with Crippen LogP contribution in [0.3, 0.4) is 0 Å². The van der Waals surface area contributed by atoms with Gasteiger partial charge in [0.05, 0.1) is 0 Å². The summed E-state index contributed by atoms with van der Waals surface area (Å²) in [5.74, 6) is 0. The van der Waals surface area contributed by atoms with Crippen molar-refractivity contribution in [2.45, 2.75) is 58.2 Å². The summed E-state index contributed by atoms with van der Waals surface area (Å²) < 4.78 is 0. The van der Waals surface area contributed by atoms with Crippen LogP contribution in [-0.4, -0.2) is 29.1 Å². The topological polar surface area (TPSA) is 15.3 Å². The lowest BCUT2D eigenvalue weighted by Gasteiger charge is -2.52. The fourth-order valence-electron chi connectivity index (χ4n) is 3.01. The summed E-state index contributed by atoms with van der Waals surface area (Å²) >= 11 is 12.5. The molecule has 0 aliphatic carbocycles. The second-order valence-electron chi connectivity index (χ2n) is 6.75. The van der Waals surface area contributed by atoms with Gasteiger partial charge in [-0.05, 0) is 50.5 Å². The zero-order chi connectivity index (χ0) is 15.7. The van der Waals surface area contributed by atoms with Gasteiger partial charge in [-0.1, -0.05) is 37.0 Å². The van der Waals surface area contributed by atoms with E-state index in [4.69, 9.17) is 23.2 Å². The molecule has 4 heteroatoms. The van der Waals surface area contributed by atoms with Crippen molar-refractivity contribution in [3.05, 3.63) is 33.8 Å². The zero-order valence-electron chi connectivity index (χ0n) is 13.5. The highest BCUT2D eigenvalue weighted by Crippen LogP contribution is 2.31. The molecule has 0 radical (unpaired) electrons. The molecule has 118 valence electrons. The summed E-state index contributed by atoms with van der Waals surface area (Å²) in [6, 6.07) is 5.72. The molecule has 0 spiro atoms. The van der Waals surface area contributed by atoms with Crippen LogP contribution in [0.4, 0.5) is 0 Å². The molecule has 2 rings (SSSR count). The van der Waals surface area contributed by atoms with E-state index in [0.717, 1.165) is 48.1 Å². The van der Waals surface area contributed by atoms with Crippen LogP contribution < -0.4 is 5.32 Å². The first-order chi connectivity index (χ1) is 9.82. The van der Waals surface area contributed by atoms with Crippen LogP contribution in [-0.2, 0) is 6.54 Å². The van der Waals surface area contributed by atoms with Crippen LogP contribution in [0.5, 0.6) is 0 Å². The first-order valence-electron chi connectivity index (χ1n) is 7.76. The van der Waals surface area contributed by atoms with E-state index in [1.165, 1.54) is 0 Å². The number of rotatable bonds is 4. The minimum Gasteiger partial charge on any atom is -0.308 e. The van der Waals surface area contributed by atoms with Gasteiger partial charge in [0.1, 0.15) is 0 Å². The molecule has 0 bridgehead atoms. The first kappa shape index (κ1) is 17.1. The molecule has 0 aromatic heterocycles. The Morgan fingerprint density at radius 2 is 1.86 bits per heavy atom. The van der Waals surface area contributed by atoms with Crippen molar-refractivity contribution in [3.8, 4) is 0 Å². The molecule has 0 unspecified atom stereocenters. The van der Waals surface area contributed by atoms with E-state index in [1.54, 1.807) is 0 Å². The van der Waals surface area contributed by atoms with Crippen molar-refractivity contribution in [3.63, 3.8) is 0 Å². The number of hydrogen-bond acceptors (Lipinski definition) is 2. The van der Waals surface area contributed by atoms with E-state index in [1.807, 2.05) is 18.2 Å². The average molecular weight is 329 g/mol. The number of halogens is 2. The lowest BCUT2D eigenvalue weighted by molar-refractivity contribution is 0.0162. The highest BCUT2D eigenvalue weighted by molar-refractivity contribution is 6.33. The van der Waals surface area contributed by atoms with Crippen LogP contribution in [0.2, 0.25) is 10.0 Å². The molecule has 0 atom stereocenters. The second-order valence-corrected chi connectivity index (χ2v) is 7.59. The van der Waals surface area contributed by atoms with E-state index in [9.17, 15) is 0 Å². The Kier molecular flexibility index (Phi) is 5.25. The predicted octanol–water partition coefficient (Wildman–Crippen LogP) is 4.74. The smallest absolute Gasteiger partial charge is 0.0452 e. The lowest BCUT2D eigenvalue weighted by Crippen LogP contribution is -2.67. The molecule has 1 N–H and O–H groups in total. The quantitative estimate of drug-likeness (QED) is 0.859. The molecule has 1 fully saturated rings. The summed E-state index contributed by atoms with van der Waals surface area (Å²) in [4.78, 5) is 2.54. The van der Waals surface area contributed by atoms with Gasteiger partial charge < -0.3 is 5.32 Å². The van der Waals surface area contributed by atoms with E-state index >= 15 is 0 Å². The standard InChI is InChI=1S/C17H26Cl2N2/c1-5-17(6-2)12-21(16(3,4)11-20-17)10-13-9-14(18)7-8-15(13)19/h7-9,20H,5-6,10-12H2,1-4H3. The van der Waals surface area contributed by atoms with Gasteiger partial charge in [-0.25, -0.2) is 0 Å². The van der Waals surface area contributed by atoms with Crippen molar-refractivity contribution >= 4 is 23.2 Å². The summed E-state index contributed by atoms with van der Waals surface area (Å²) in [5, 5.41) is 5.31. The van der Waals surface area contributed by atoms with Gasteiger partial charge >= 0.3 is 0 Å². The van der Waals surface area contributed by atoms with Gasteiger partial charge in [0.25, 0.3) is 0 Å². The van der Waals surface area contributed by atoms with Gasteiger partial charge in [-0.15, -0.1) is 0 Å². The van der Waals surface area contributed by atoms with E-state index < -0.39 is 0 Å². The molecule has 1 aliphatic heterocycles. The highest BCUT2D eigenvalue weighted by Gasteiger charge is 2.40. The van der Waals surface area contributed by atoms with Crippen molar-refractivity contribution in [1.29, 1.82) is 0 Å². The maximum atomic E-state index is 6.35. The number of hydrogen-bond donors (Lipinski definition) is 1. The molecule has 1 saturated heterocycles. The monoisotopic (exact) mass is 328 g/mol. The van der Waals surface area contributed by atoms with Gasteiger partial charge in [-0.3, -0.25) is 4.90 Å². The third-order valence-corrected chi connectivity index (χ3v) is 5.57. The molecular weight excluding hydrogens is 303 g/mol. The fourth-order valence-corrected chi connectivity index (χ4v) is 3.39. The summed E-state index contributed by atoms with van der Waals surface area (Å²) in [6.45, 7) is 12.0. The Balaban J connectivity index is 2.24. The molecule has 21 heavy (non-hydrogen) atoms. The Morgan fingerprint density at radius 3 is 2.48 bits per heavy atom. The highest BCUT2D eigenvalue weighted by atomic mass is 35.5. The van der Waals surface area contributed by atoms with Crippen LogP contribution in [0, 0.1) is 0 Å². The van der Waals surface area contributed by atoms with Gasteiger partial charge in [0.2, 0.25) is 0 Å². The number of nitrogens with zero attached hydrogens (tertiary/aromatic N) is 1. The van der Waals surface area contributed by atoms with Gasteiger partial charge in [0.15, 0.2) is 0 Å². The summed E-state index contributed by atoms with van der Waals surface area (Å²) in [6.07, 6.45) is 2.28. The Bertz CT molecular complexity index is 496. The summed E-state index contributed by atoms with van der Waals surface area (Å²) in [5.41, 5.74) is 1.43. The fraction of sp³-hybridized carbons (Fsp3) is 0.647. The van der Waals surface area contributed by atoms with E-state index in [0.29, 0.717) is 0 Å². The number of benzene rings is 1. The van der Waals surface area contributed by atoms with Crippen LogP contribution in [0.1, 0.15) is 46.1 Å². The predicted molar refractivity (Wildman–Crippen MR) is 92.3 cm³/mol. The zero-order valence-corrected chi connectivity index (χ0v) is 15.0. The SMILES string of the molecule is CCC1(CC)CN(Cc2cc(Cl)ccc2Cl)C(C)(C)CN1. The lowest BCUT2D eigenvalue weighted by atomic mass is 9.84. The maximum absolute atomic E-state index is 6.35. The molecule has 1 heterocycles. The Hall–Kier alpha value is -0.280. The largest absolute Gasteiger partial charge is 0.308 e. The average Bonchev–Trinajstić information content (AvgIpc) is 2.45. The van der Waals surface area contributed by atoms with Crippen molar-refractivity contribution < 1.29 is 0 Å². The van der Waals surface area contributed by atoms with Crippen LogP contribution in [0.25, 0.3) is 0 Å². The van der Waals surface area contributed by atoms with Crippen LogP contribution >= 0.6 is 23.2 Å². The third kappa shape index (κ3) is 3.73. The molecule has 1 aliphatic rings. The molecule has 0 amide bonds. The minimum absolute atomic E-state index is 0.111. The molecule has 1 aromatic carbocycles. The molecule has 1 aromatic rings. The van der Waals surface area contributed by atoms with Crippen molar-refractivity contribution in [2.24, 2.45) is 0 Å². The van der Waals surface area contributed by atoms with E-state index in [2.05, 4.69) is 37.9 Å². The molecular formula is C17H26Cl2N2. The Morgan fingerprint density at radius 1 is 1.19 bits per heavy atom. The van der Waals surface area contributed by atoms with Gasteiger partial charge in [-0.2, -0.15) is 0 Å².